The van der Waals surface area contributed by atoms with Crippen LogP contribution in [0, 0.1) is 13.8 Å². The summed E-state index contributed by atoms with van der Waals surface area (Å²) in [5.74, 6) is -0.799. The summed E-state index contributed by atoms with van der Waals surface area (Å²) in [6.45, 7) is 6.56. The minimum Gasteiger partial charge on any atom is -0.453 e. The summed E-state index contributed by atoms with van der Waals surface area (Å²) < 4.78 is 9.01. The van der Waals surface area contributed by atoms with Crippen molar-refractivity contribution in [3.63, 3.8) is 0 Å². The van der Waals surface area contributed by atoms with Crippen molar-refractivity contribution in [2.45, 2.75) is 33.7 Å². The van der Waals surface area contributed by atoms with Gasteiger partial charge in [0, 0.05) is 35.9 Å². The Kier molecular flexibility index (Phi) is 4.70. The maximum atomic E-state index is 12.4. The Bertz CT molecular complexity index is 904. The van der Waals surface area contributed by atoms with Crippen LogP contribution in [0.4, 0.5) is 0 Å². The average Bonchev–Trinajstić information content (AvgIpc) is 3.16. The lowest BCUT2D eigenvalue weighted by Gasteiger charge is -2.07. The molecule has 6 nitrogen and oxygen atoms in total. The first-order chi connectivity index (χ1) is 12.0. The summed E-state index contributed by atoms with van der Waals surface area (Å²) in [7, 11) is 0. The normalized spacial score (nSPS) is 11.0. The number of carbonyl (C=O) groups excluding carboxylic acids is 2. The zero-order valence-corrected chi connectivity index (χ0v) is 14.7. The SMILES string of the molecule is CCCn1c(C)cc(C(=O)COC(=O)c2cn3ccccc3n2)c1C. The Morgan fingerprint density at radius 1 is 1.24 bits per heavy atom. The van der Waals surface area contributed by atoms with Crippen molar-refractivity contribution in [3.05, 3.63) is 59.3 Å². The molecule has 25 heavy (non-hydrogen) atoms. The van der Waals surface area contributed by atoms with Gasteiger partial charge in [-0.05, 0) is 38.5 Å². The van der Waals surface area contributed by atoms with E-state index < -0.39 is 5.97 Å². The number of carbonyl (C=O) groups is 2. The predicted octanol–water partition coefficient (Wildman–Crippen LogP) is 3.20. The Hall–Kier alpha value is -2.89. The highest BCUT2D eigenvalue weighted by atomic mass is 16.5. The molecule has 0 atom stereocenters. The topological polar surface area (TPSA) is 65.6 Å². The lowest BCUT2D eigenvalue weighted by atomic mass is 10.1. The number of ketones is 1. The van der Waals surface area contributed by atoms with E-state index in [-0.39, 0.29) is 18.1 Å². The Balaban J connectivity index is 1.69. The lowest BCUT2D eigenvalue weighted by molar-refractivity contribution is 0.0469. The first kappa shape index (κ1) is 17.0. The third-order valence-electron chi connectivity index (χ3n) is 4.23. The Morgan fingerprint density at radius 2 is 2.04 bits per heavy atom. The summed E-state index contributed by atoms with van der Waals surface area (Å²) in [6.07, 6.45) is 4.38. The molecule has 0 bridgehead atoms. The van der Waals surface area contributed by atoms with Crippen LogP contribution in [-0.2, 0) is 11.3 Å². The maximum absolute atomic E-state index is 12.4. The minimum atomic E-state index is -0.598. The van der Waals surface area contributed by atoms with Crippen molar-refractivity contribution in [3.8, 4) is 0 Å². The molecule has 0 saturated heterocycles. The quantitative estimate of drug-likeness (QED) is 0.511. The van der Waals surface area contributed by atoms with Gasteiger partial charge >= 0.3 is 5.97 Å². The predicted molar refractivity (Wildman–Crippen MR) is 94.0 cm³/mol. The molecule has 0 N–H and O–H groups in total. The fourth-order valence-electron chi connectivity index (χ4n) is 2.97. The molecule has 0 aliphatic carbocycles. The van der Waals surface area contributed by atoms with E-state index in [0.717, 1.165) is 24.4 Å². The van der Waals surface area contributed by atoms with Crippen LogP contribution in [0.2, 0.25) is 0 Å². The Morgan fingerprint density at radius 3 is 2.76 bits per heavy atom. The minimum absolute atomic E-state index is 0.190. The fourth-order valence-corrected chi connectivity index (χ4v) is 2.97. The third-order valence-corrected chi connectivity index (χ3v) is 4.23. The number of imidazole rings is 1. The molecule has 0 saturated carbocycles. The van der Waals surface area contributed by atoms with Crippen LogP contribution in [0.15, 0.2) is 36.7 Å². The van der Waals surface area contributed by atoms with Crippen molar-refractivity contribution in [2.75, 3.05) is 6.61 Å². The van der Waals surface area contributed by atoms with Gasteiger partial charge in [0.05, 0.1) is 0 Å². The molecule has 3 rings (SSSR count). The summed E-state index contributed by atoms with van der Waals surface area (Å²) in [5.41, 5.74) is 3.40. The number of hydrogen-bond donors (Lipinski definition) is 0. The first-order valence-corrected chi connectivity index (χ1v) is 8.32. The number of esters is 1. The monoisotopic (exact) mass is 339 g/mol. The van der Waals surface area contributed by atoms with E-state index in [0.29, 0.717) is 11.2 Å². The van der Waals surface area contributed by atoms with Gasteiger partial charge in [0.15, 0.2) is 12.3 Å². The van der Waals surface area contributed by atoms with Crippen LogP contribution in [0.3, 0.4) is 0 Å². The van der Waals surface area contributed by atoms with Crippen LogP contribution in [-0.4, -0.2) is 32.3 Å². The van der Waals surface area contributed by atoms with Gasteiger partial charge in [-0.25, -0.2) is 9.78 Å². The largest absolute Gasteiger partial charge is 0.453 e. The third kappa shape index (κ3) is 3.33. The molecule has 0 aliphatic heterocycles. The molecule has 0 unspecified atom stereocenters. The van der Waals surface area contributed by atoms with Crippen molar-refractivity contribution in [2.24, 2.45) is 0 Å². The summed E-state index contributed by atoms with van der Waals surface area (Å²) >= 11 is 0. The van der Waals surface area contributed by atoms with Crippen LogP contribution in [0.1, 0.15) is 45.6 Å². The molecule has 6 heteroatoms. The van der Waals surface area contributed by atoms with Crippen molar-refractivity contribution in [1.29, 1.82) is 0 Å². The summed E-state index contributed by atoms with van der Waals surface area (Å²) in [5, 5.41) is 0. The van der Waals surface area contributed by atoms with Crippen LogP contribution >= 0.6 is 0 Å². The number of Topliss-reactive ketones (excluding diaryl/α,β-unsaturated/α-hetero) is 1. The van der Waals surface area contributed by atoms with Gasteiger partial charge in [-0.15, -0.1) is 0 Å². The maximum Gasteiger partial charge on any atom is 0.359 e. The smallest absolute Gasteiger partial charge is 0.359 e. The molecular weight excluding hydrogens is 318 g/mol. The first-order valence-electron chi connectivity index (χ1n) is 8.32. The van der Waals surface area contributed by atoms with Gasteiger partial charge in [0.25, 0.3) is 0 Å². The highest BCUT2D eigenvalue weighted by molar-refractivity contribution is 6.00. The molecule has 0 radical (unpaired) electrons. The highest BCUT2D eigenvalue weighted by Crippen LogP contribution is 2.16. The highest BCUT2D eigenvalue weighted by Gasteiger charge is 2.18. The van der Waals surface area contributed by atoms with E-state index in [9.17, 15) is 9.59 Å². The average molecular weight is 339 g/mol. The number of ether oxygens (including phenoxy) is 1. The molecule has 3 heterocycles. The van der Waals surface area contributed by atoms with Gasteiger partial charge in [0.1, 0.15) is 5.65 Å². The van der Waals surface area contributed by atoms with Gasteiger partial charge in [0.2, 0.25) is 5.78 Å². The van der Waals surface area contributed by atoms with Crippen LogP contribution < -0.4 is 0 Å². The van der Waals surface area contributed by atoms with E-state index in [1.54, 1.807) is 22.9 Å². The molecule has 3 aromatic heterocycles. The molecule has 0 aromatic carbocycles. The van der Waals surface area contributed by atoms with E-state index in [1.807, 2.05) is 32.0 Å². The molecule has 0 fully saturated rings. The molecule has 3 aromatic rings. The van der Waals surface area contributed by atoms with E-state index >= 15 is 0 Å². The lowest BCUT2D eigenvalue weighted by Crippen LogP contribution is -2.15. The molecule has 0 amide bonds. The zero-order chi connectivity index (χ0) is 18.0. The molecular formula is C19H21N3O3. The molecule has 0 spiro atoms. The number of hydrogen-bond acceptors (Lipinski definition) is 4. The number of aryl methyl sites for hydroxylation is 1. The van der Waals surface area contributed by atoms with E-state index in [2.05, 4.69) is 16.5 Å². The van der Waals surface area contributed by atoms with E-state index in [4.69, 9.17) is 4.74 Å². The number of nitrogens with zero attached hydrogens (tertiary/aromatic N) is 3. The van der Waals surface area contributed by atoms with Crippen molar-refractivity contribution < 1.29 is 14.3 Å². The molecule has 130 valence electrons. The summed E-state index contributed by atoms with van der Waals surface area (Å²) in [6, 6.07) is 7.34. The number of aromatic nitrogens is 3. The van der Waals surface area contributed by atoms with Gasteiger partial charge in [-0.2, -0.15) is 0 Å². The van der Waals surface area contributed by atoms with Gasteiger partial charge < -0.3 is 13.7 Å². The number of pyridine rings is 1. The number of rotatable bonds is 6. The summed E-state index contributed by atoms with van der Waals surface area (Å²) in [4.78, 5) is 28.8. The van der Waals surface area contributed by atoms with Crippen LogP contribution in [0.25, 0.3) is 5.65 Å². The van der Waals surface area contributed by atoms with Crippen molar-refractivity contribution >= 4 is 17.4 Å². The van der Waals surface area contributed by atoms with Gasteiger partial charge in [-0.1, -0.05) is 13.0 Å². The fraction of sp³-hybridized carbons (Fsp3) is 0.316. The van der Waals surface area contributed by atoms with Crippen LogP contribution in [0.5, 0.6) is 0 Å². The van der Waals surface area contributed by atoms with E-state index in [1.165, 1.54) is 0 Å². The standard InChI is InChI=1S/C19H21N3O3/c1-4-8-22-13(2)10-15(14(22)3)17(23)12-25-19(24)16-11-21-9-6-5-7-18(21)20-16/h5-7,9-11H,4,8,12H2,1-3H3. The number of fused-ring (bicyclic) bond motifs is 1. The van der Waals surface area contributed by atoms with Crippen molar-refractivity contribution in [1.82, 2.24) is 14.0 Å². The van der Waals surface area contributed by atoms with Gasteiger partial charge in [-0.3, -0.25) is 4.79 Å². The zero-order valence-electron chi connectivity index (χ0n) is 14.7. The molecule has 0 aliphatic rings. The second kappa shape index (κ2) is 6.93. The second-order valence-electron chi connectivity index (χ2n) is 6.03. The second-order valence-corrected chi connectivity index (χ2v) is 6.03. The Labute approximate surface area is 146 Å².